The Balaban J connectivity index is 2.80. The van der Waals surface area contributed by atoms with Crippen molar-refractivity contribution in [2.75, 3.05) is 14.2 Å². The molecule has 98 valence electrons. The summed E-state index contributed by atoms with van der Waals surface area (Å²) >= 11 is 1.23. The molecule has 0 aliphatic heterocycles. The molecule has 0 aromatic carbocycles. The topological polar surface area (TPSA) is 64.6 Å². The Hall–Kier alpha value is -0.470. The monoisotopic (exact) mass is 279 g/mol. The molecule has 0 saturated carbocycles. The second-order valence-corrected chi connectivity index (χ2v) is 6.84. The quantitative estimate of drug-likeness (QED) is 0.798. The van der Waals surface area contributed by atoms with Crippen molar-refractivity contribution in [1.82, 2.24) is 4.72 Å². The van der Waals surface area contributed by atoms with Crippen LogP contribution in [-0.4, -0.2) is 35.0 Å². The Kier molecular flexibility index (Phi) is 5.08. The maximum atomic E-state index is 12.0. The van der Waals surface area contributed by atoms with Crippen LogP contribution >= 0.6 is 11.3 Å². The van der Waals surface area contributed by atoms with Crippen LogP contribution in [0.25, 0.3) is 0 Å². The first-order valence-electron chi connectivity index (χ1n) is 5.05. The van der Waals surface area contributed by atoms with Gasteiger partial charge in [-0.2, -0.15) is 0 Å². The zero-order chi connectivity index (χ0) is 13.1. The summed E-state index contributed by atoms with van der Waals surface area (Å²) in [7, 11) is -0.562. The molecule has 7 heteroatoms. The van der Waals surface area contributed by atoms with Gasteiger partial charge in [-0.05, 0) is 26.0 Å². The average Bonchev–Trinajstić information content (AvgIpc) is 2.66. The second-order valence-electron chi connectivity index (χ2n) is 3.61. The molecule has 5 nitrogen and oxygen atoms in total. The van der Waals surface area contributed by atoms with Crippen LogP contribution in [0.5, 0.6) is 0 Å². The molecule has 0 radical (unpaired) electrons. The highest BCUT2D eigenvalue weighted by atomic mass is 32.2. The lowest BCUT2D eigenvalue weighted by Gasteiger charge is -2.21. The van der Waals surface area contributed by atoms with E-state index in [9.17, 15) is 8.42 Å². The van der Waals surface area contributed by atoms with Gasteiger partial charge >= 0.3 is 0 Å². The molecule has 1 unspecified atom stereocenters. The van der Waals surface area contributed by atoms with Crippen LogP contribution in [0.1, 0.15) is 11.8 Å². The number of aryl methyl sites for hydroxylation is 1. The molecule has 0 fully saturated rings. The van der Waals surface area contributed by atoms with Gasteiger partial charge in [-0.3, -0.25) is 0 Å². The molecule has 0 spiro atoms. The van der Waals surface area contributed by atoms with E-state index >= 15 is 0 Å². The zero-order valence-electron chi connectivity index (χ0n) is 10.3. The number of thiophene rings is 1. The molecule has 1 aromatic rings. The minimum absolute atomic E-state index is 0.299. The lowest BCUT2D eigenvalue weighted by Crippen LogP contribution is -2.42. The molecule has 0 bridgehead atoms. The van der Waals surface area contributed by atoms with E-state index in [1.807, 2.05) is 6.92 Å². The van der Waals surface area contributed by atoms with Crippen molar-refractivity contribution in [3.05, 3.63) is 17.0 Å². The third-order valence-corrected chi connectivity index (χ3v) is 5.25. The fraction of sp³-hybridized carbons (Fsp3) is 0.600. The first-order chi connectivity index (χ1) is 7.90. The Morgan fingerprint density at radius 1 is 1.29 bits per heavy atom. The number of hydrogen-bond acceptors (Lipinski definition) is 5. The van der Waals surface area contributed by atoms with Gasteiger partial charge in [0, 0.05) is 19.1 Å². The smallest absolute Gasteiger partial charge is 0.250 e. The van der Waals surface area contributed by atoms with Gasteiger partial charge in [0.25, 0.3) is 0 Å². The van der Waals surface area contributed by atoms with Gasteiger partial charge in [0.05, 0.1) is 6.04 Å². The molecule has 0 amide bonds. The van der Waals surface area contributed by atoms with Gasteiger partial charge in [0.2, 0.25) is 10.0 Å². The normalized spacial score (nSPS) is 14.2. The molecule has 1 heterocycles. The van der Waals surface area contributed by atoms with Gasteiger partial charge in [-0.15, -0.1) is 11.3 Å². The second kappa shape index (κ2) is 5.92. The fourth-order valence-corrected chi connectivity index (χ4v) is 3.95. The van der Waals surface area contributed by atoms with E-state index < -0.39 is 22.4 Å². The lowest BCUT2D eigenvalue weighted by molar-refractivity contribution is -0.115. The van der Waals surface area contributed by atoms with Crippen LogP contribution in [0.15, 0.2) is 16.3 Å². The predicted molar refractivity (Wildman–Crippen MR) is 66.6 cm³/mol. The number of ether oxygens (including phenoxy) is 2. The first-order valence-corrected chi connectivity index (χ1v) is 7.35. The van der Waals surface area contributed by atoms with E-state index in [0.717, 1.165) is 4.88 Å². The molecule has 0 aliphatic rings. The summed E-state index contributed by atoms with van der Waals surface area (Å²) in [6.07, 6.45) is -0.606. The van der Waals surface area contributed by atoms with Crippen molar-refractivity contribution in [1.29, 1.82) is 0 Å². The molecule has 1 aromatic heterocycles. The standard InChI is InChI=1S/C10H17NO4S2/c1-7-5-6-9(16-7)17(12,13)11-8(2)10(14-3)15-4/h5-6,8,10-11H,1-4H3. The molecule has 1 rings (SSSR count). The molecule has 17 heavy (non-hydrogen) atoms. The van der Waals surface area contributed by atoms with Crippen molar-refractivity contribution < 1.29 is 17.9 Å². The highest BCUT2D eigenvalue weighted by molar-refractivity contribution is 7.91. The van der Waals surface area contributed by atoms with E-state index in [1.54, 1.807) is 19.1 Å². The zero-order valence-corrected chi connectivity index (χ0v) is 11.9. The summed E-state index contributed by atoms with van der Waals surface area (Å²) in [6, 6.07) is 2.90. The van der Waals surface area contributed by atoms with E-state index in [2.05, 4.69) is 4.72 Å². The Morgan fingerprint density at radius 3 is 2.29 bits per heavy atom. The summed E-state index contributed by atoms with van der Waals surface area (Å²) in [5.41, 5.74) is 0. The van der Waals surface area contributed by atoms with Crippen molar-refractivity contribution in [3.8, 4) is 0 Å². The van der Waals surface area contributed by atoms with E-state index in [-0.39, 0.29) is 0 Å². The number of hydrogen-bond donors (Lipinski definition) is 1. The van der Waals surface area contributed by atoms with Gasteiger partial charge < -0.3 is 9.47 Å². The number of methoxy groups -OCH3 is 2. The minimum Gasteiger partial charge on any atom is -0.354 e. The van der Waals surface area contributed by atoms with Crippen LogP contribution in [0.2, 0.25) is 0 Å². The maximum absolute atomic E-state index is 12.0. The largest absolute Gasteiger partial charge is 0.354 e. The van der Waals surface area contributed by atoms with Crippen LogP contribution in [0.4, 0.5) is 0 Å². The highest BCUT2D eigenvalue weighted by Gasteiger charge is 2.24. The highest BCUT2D eigenvalue weighted by Crippen LogP contribution is 2.20. The minimum atomic E-state index is -3.50. The van der Waals surface area contributed by atoms with E-state index in [4.69, 9.17) is 9.47 Å². The summed E-state index contributed by atoms with van der Waals surface area (Å²) in [6.45, 7) is 3.55. The summed E-state index contributed by atoms with van der Waals surface area (Å²) in [4.78, 5) is 0.952. The van der Waals surface area contributed by atoms with Gasteiger partial charge in [-0.1, -0.05) is 0 Å². The van der Waals surface area contributed by atoms with Gasteiger partial charge in [-0.25, -0.2) is 13.1 Å². The first kappa shape index (κ1) is 14.6. The van der Waals surface area contributed by atoms with Crippen LogP contribution in [0.3, 0.4) is 0 Å². The Labute approximate surface area is 106 Å². The molecular weight excluding hydrogens is 262 g/mol. The lowest BCUT2D eigenvalue weighted by atomic mass is 10.3. The van der Waals surface area contributed by atoms with Crippen molar-refractivity contribution in [3.63, 3.8) is 0 Å². The van der Waals surface area contributed by atoms with Crippen LogP contribution in [-0.2, 0) is 19.5 Å². The Morgan fingerprint density at radius 2 is 1.88 bits per heavy atom. The van der Waals surface area contributed by atoms with Gasteiger partial charge in [0.15, 0.2) is 6.29 Å². The van der Waals surface area contributed by atoms with Gasteiger partial charge in [0.1, 0.15) is 4.21 Å². The van der Waals surface area contributed by atoms with Crippen molar-refractivity contribution in [2.45, 2.75) is 30.4 Å². The molecule has 1 atom stereocenters. The van der Waals surface area contributed by atoms with E-state index in [1.165, 1.54) is 25.6 Å². The number of rotatable bonds is 6. The SMILES string of the molecule is COC(OC)C(C)NS(=O)(=O)c1ccc(C)s1. The molecular formula is C10H17NO4S2. The molecule has 0 saturated heterocycles. The third-order valence-electron chi connectivity index (χ3n) is 2.19. The van der Waals surface area contributed by atoms with E-state index in [0.29, 0.717) is 4.21 Å². The summed E-state index contributed by atoms with van der Waals surface area (Å²) in [5, 5.41) is 0. The van der Waals surface area contributed by atoms with Crippen molar-refractivity contribution >= 4 is 21.4 Å². The predicted octanol–water partition coefficient (Wildman–Crippen LogP) is 1.34. The molecule has 0 aliphatic carbocycles. The maximum Gasteiger partial charge on any atom is 0.250 e. The summed E-state index contributed by atoms with van der Waals surface area (Å²) < 4.78 is 36.8. The number of nitrogens with one attached hydrogen (secondary N) is 1. The van der Waals surface area contributed by atoms with Crippen LogP contribution in [0, 0.1) is 6.92 Å². The summed E-state index contributed by atoms with van der Waals surface area (Å²) in [5.74, 6) is 0. The number of sulfonamides is 1. The van der Waals surface area contributed by atoms with Crippen molar-refractivity contribution in [2.24, 2.45) is 0 Å². The average molecular weight is 279 g/mol. The third kappa shape index (κ3) is 3.75. The molecule has 1 N–H and O–H groups in total. The van der Waals surface area contributed by atoms with Crippen LogP contribution < -0.4 is 4.72 Å². The Bertz CT molecular complexity index is 451. The fourth-order valence-electron chi connectivity index (χ4n) is 1.42.